The largest absolute Gasteiger partial charge is 0.383 e. The minimum Gasteiger partial charge on any atom is -0.383 e. The number of morpholine rings is 1. The van der Waals surface area contributed by atoms with E-state index in [0.717, 1.165) is 6.54 Å². The number of nitrogens with one attached hydrogen (secondary N) is 1. The van der Waals surface area contributed by atoms with Crippen LogP contribution in [0.4, 0.5) is 0 Å². The summed E-state index contributed by atoms with van der Waals surface area (Å²) in [5, 5.41) is 0. The molecule has 1 amide bonds. The summed E-state index contributed by atoms with van der Waals surface area (Å²) in [6.07, 6.45) is 0. The summed E-state index contributed by atoms with van der Waals surface area (Å²) in [4.78, 5) is 13.6. The highest BCUT2D eigenvalue weighted by atomic mass is 16.5. The van der Waals surface area contributed by atoms with Gasteiger partial charge in [-0.1, -0.05) is 0 Å². The first kappa shape index (κ1) is 12.4. The van der Waals surface area contributed by atoms with Gasteiger partial charge in [0.2, 0.25) is 0 Å². The van der Waals surface area contributed by atoms with Crippen molar-refractivity contribution in [2.45, 2.75) is 19.0 Å². The Labute approximate surface area is 89.7 Å². The Morgan fingerprint density at radius 1 is 1.80 bits per heavy atom. The van der Waals surface area contributed by atoms with Crippen LogP contribution < -0.4 is 11.3 Å². The molecule has 1 saturated heterocycles. The van der Waals surface area contributed by atoms with E-state index < -0.39 is 0 Å². The van der Waals surface area contributed by atoms with E-state index >= 15 is 0 Å². The molecule has 6 nitrogen and oxygen atoms in total. The number of hydrogen-bond donors (Lipinski definition) is 2. The van der Waals surface area contributed by atoms with E-state index in [2.05, 4.69) is 10.3 Å². The van der Waals surface area contributed by atoms with Gasteiger partial charge in [-0.2, -0.15) is 0 Å². The topological polar surface area (TPSA) is 76.8 Å². The molecule has 1 aliphatic heterocycles. The van der Waals surface area contributed by atoms with Crippen LogP contribution >= 0.6 is 0 Å². The summed E-state index contributed by atoms with van der Waals surface area (Å²) in [5.41, 5.74) is 2.17. The predicted octanol–water partition coefficient (Wildman–Crippen LogP) is -1.29. The van der Waals surface area contributed by atoms with Gasteiger partial charge in [0.1, 0.15) is 6.04 Å². The summed E-state index contributed by atoms with van der Waals surface area (Å²) < 4.78 is 10.3. The van der Waals surface area contributed by atoms with Crippen LogP contribution in [0.5, 0.6) is 0 Å². The van der Waals surface area contributed by atoms with E-state index in [1.165, 1.54) is 0 Å². The number of hydrogen-bond acceptors (Lipinski definition) is 5. The SMILES string of the molecule is COCC(C(=O)NN)N1CCOCC1C. The van der Waals surface area contributed by atoms with Crippen LogP contribution in [0.25, 0.3) is 0 Å². The first-order valence-electron chi connectivity index (χ1n) is 5.03. The maximum atomic E-state index is 11.5. The third kappa shape index (κ3) is 3.13. The molecule has 1 heterocycles. The van der Waals surface area contributed by atoms with Crippen LogP contribution in [0.2, 0.25) is 0 Å². The van der Waals surface area contributed by atoms with Gasteiger partial charge in [-0.15, -0.1) is 0 Å². The zero-order chi connectivity index (χ0) is 11.3. The lowest BCUT2D eigenvalue weighted by Gasteiger charge is -2.37. The highest BCUT2D eigenvalue weighted by Gasteiger charge is 2.31. The second-order valence-electron chi connectivity index (χ2n) is 3.64. The zero-order valence-corrected chi connectivity index (χ0v) is 9.23. The summed E-state index contributed by atoms with van der Waals surface area (Å²) in [6, 6.07) is -0.130. The molecule has 88 valence electrons. The second-order valence-corrected chi connectivity index (χ2v) is 3.64. The molecular formula is C9H19N3O3. The zero-order valence-electron chi connectivity index (χ0n) is 9.23. The summed E-state index contributed by atoms with van der Waals surface area (Å²) in [5.74, 6) is 4.93. The Morgan fingerprint density at radius 3 is 3.07 bits per heavy atom. The van der Waals surface area contributed by atoms with Crippen molar-refractivity contribution in [3.8, 4) is 0 Å². The van der Waals surface area contributed by atoms with Gasteiger partial charge in [-0.3, -0.25) is 15.1 Å². The summed E-state index contributed by atoms with van der Waals surface area (Å²) in [7, 11) is 1.57. The minimum absolute atomic E-state index is 0.205. The van der Waals surface area contributed by atoms with Crippen molar-refractivity contribution in [1.82, 2.24) is 10.3 Å². The molecule has 0 spiro atoms. The Bertz CT molecular complexity index is 213. The molecule has 0 aliphatic carbocycles. The van der Waals surface area contributed by atoms with Crippen LogP contribution in [-0.4, -0.2) is 56.4 Å². The van der Waals surface area contributed by atoms with Crippen molar-refractivity contribution >= 4 is 5.91 Å². The molecule has 2 unspecified atom stereocenters. The lowest BCUT2D eigenvalue weighted by molar-refractivity contribution is -0.133. The summed E-state index contributed by atoms with van der Waals surface area (Å²) >= 11 is 0. The van der Waals surface area contributed by atoms with E-state index in [9.17, 15) is 4.79 Å². The standard InChI is InChI=1S/C9H19N3O3/c1-7-5-15-4-3-12(7)8(6-14-2)9(13)11-10/h7-8H,3-6,10H2,1-2H3,(H,11,13). The van der Waals surface area contributed by atoms with Gasteiger partial charge in [0.05, 0.1) is 19.8 Å². The van der Waals surface area contributed by atoms with E-state index in [4.69, 9.17) is 15.3 Å². The molecule has 3 N–H and O–H groups in total. The maximum Gasteiger partial charge on any atom is 0.253 e. The highest BCUT2D eigenvalue weighted by Crippen LogP contribution is 2.11. The number of carbonyl (C=O) groups is 1. The Balaban J connectivity index is 2.64. The van der Waals surface area contributed by atoms with E-state index in [1.54, 1.807) is 7.11 Å². The Kier molecular flexibility index (Phi) is 4.97. The molecule has 0 saturated carbocycles. The molecule has 2 atom stereocenters. The molecule has 0 bridgehead atoms. The van der Waals surface area contributed by atoms with Gasteiger partial charge in [0, 0.05) is 19.7 Å². The quantitative estimate of drug-likeness (QED) is 0.348. The molecule has 0 aromatic rings. The number of nitrogens with two attached hydrogens (primary N) is 1. The highest BCUT2D eigenvalue weighted by molar-refractivity contribution is 5.81. The van der Waals surface area contributed by atoms with Gasteiger partial charge < -0.3 is 9.47 Å². The molecule has 1 fully saturated rings. The Hall–Kier alpha value is -0.690. The molecule has 15 heavy (non-hydrogen) atoms. The van der Waals surface area contributed by atoms with E-state index in [-0.39, 0.29) is 18.0 Å². The van der Waals surface area contributed by atoms with E-state index in [1.807, 2.05) is 6.92 Å². The molecule has 0 aromatic heterocycles. The lowest BCUT2D eigenvalue weighted by Crippen LogP contribution is -2.57. The fraction of sp³-hybridized carbons (Fsp3) is 0.889. The average Bonchev–Trinajstić information content (AvgIpc) is 2.26. The molecular weight excluding hydrogens is 198 g/mol. The number of carbonyl (C=O) groups excluding carboxylic acids is 1. The molecule has 0 radical (unpaired) electrons. The van der Waals surface area contributed by atoms with Crippen molar-refractivity contribution in [2.75, 3.05) is 33.5 Å². The smallest absolute Gasteiger partial charge is 0.253 e. The van der Waals surface area contributed by atoms with E-state index in [0.29, 0.717) is 19.8 Å². The van der Waals surface area contributed by atoms with Crippen LogP contribution in [0, 0.1) is 0 Å². The fourth-order valence-corrected chi connectivity index (χ4v) is 1.78. The van der Waals surface area contributed by atoms with Crippen molar-refractivity contribution in [1.29, 1.82) is 0 Å². The third-order valence-corrected chi connectivity index (χ3v) is 2.59. The van der Waals surface area contributed by atoms with Gasteiger partial charge in [0.15, 0.2) is 0 Å². The van der Waals surface area contributed by atoms with Gasteiger partial charge >= 0.3 is 0 Å². The molecule has 0 aromatic carbocycles. The second kappa shape index (κ2) is 6.02. The fourth-order valence-electron chi connectivity index (χ4n) is 1.78. The third-order valence-electron chi connectivity index (χ3n) is 2.59. The normalized spacial score (nSPS) is 24.9. The molecule has 6 heteroatoms. The number of rotatable bonds is 4. The number of amides is 1. The van der Waals surface area contributed by atoms with Crippen molar-refractivity contribution < 1.29 is 14.3 Å². The molecule has 1 rings (SSSR count). The number of ether oxygens (including phenoxy) is 2. The van der Waals surface area contributed by atoms with Crippen molar-refractivity contribution in [2.24, 2.45) is 5.84 Å². The van der Waals surface area contributed by atoms with Crippen LogP contribution in [0.15, 0.2) is 0 Å². The van der Waals surface area contributed by atoms with Crippen LogP contribution in [0.3, 0.4) is 0 Å². The number of nitrogens with zero attached hydrogens (tertiary/aromatic N) is 1. The first-order valence-corrected chi connectivity index (χ1v) is 5.03. The summed E-state index contributed by atoms with van der Waals surface area (Å²) in [6.45, 7) is 4.36. The van der Waals surface area contributed by atoms with Gasteiger partial charge in [-0.05, 0) is 6.92 Å². The monoisotopic (exact) mass is 217 g/mol. The Morgan fingerprint density at radius 2 is 2.53 bits per heavy atom. The van der Waals surface area contributed by atoms with Crippen molar-refractivity contribution in [3.05, 3.63) is 0 Å². The maximum absolute atomic E-state index is 11.5. The van der Waals surface area contributed by atoms with Gasteiger partial charge in [0.25, 0.3) is 5.91 Å². The van der Waals surface area contributed by atoms with Crippen molar-refractivity contribution in [3.63, 3.8) is 0 Å². The predicted molar refractivity (Wildman–Crippen MR) is 55.0 cm³/mol. The number of methoxy groups -OCH3 is 1. The molecule has 1 aliphatic rings. The average molecular weight is 217 g/mol. The minimum atomic E-state index is -0.334. The first-order chi connectivity index (χ1) is 7.20. The van der Waals surface area contributed by atoms with Gasteiger partial charge in [-0.25, -0.2) is 5.84 Å². The van der Waals surface area contributed by atoms with Crippen LogP contribution in [0.1, 0.15) is 6.92 Å². The van der Waals surface area contributed by atoms with Crippen LogP contribution in [-0.2, 0) is 14.3 Å². The number of hydrazine groups is 1. The lowest BCUT2D eigenvalue weighted by atomic mass is 10.1.